The van der Waals surface area contributed by atoms with Gasteiger partial charge in [0.25, 0.3) is 0 Å². The number of carbonyl (C=O) groups is 2. The normalized spacial score (nSPS) is 12.5. The maximum absolute atomic E-state index is 11.4. The van der Waals surface area contributed by atoms with Crippen molar-refractivity contribution in [2.45, 2.75) is 32.4 Å². The van der Waals surface area contributed by atoms with Crippen LogP contribution in [0.4, 0.5) is 0 Å². The van der Waals surface area contributed by atoms with Crippen LogP contribution in [0.1, 0.15) is 20.3 Å². The van der Waals surface area contributed by atoms with Crippen LogP contribution in [-0.2, 0) is 14.3 Å². The molecule has 0 saturated carbocycles. The Morgan fingerprint density at radius 2 is 1.88 bits per heavy atom. The van der Waals surface area contributed by atoms with Gasteiger partial charge in [0.15, 0.2) is 0 Å². The summed E-state index contributed by atoms with van der Waals surface area (Å²) in [7, 11) is 0. The monoisotopic (exact) mass is 289 g/mol. The van der Waals surface area contributed by atoms with Gasteiger partial charge in [-0.15, -0.1) is 24.8 Å². The van der Waals surface area contributed by atoms with E-state index in [2.05, 4.69) is 5.32 Å². The summed E-state index contributed by atoms with van der Waals surface area (Å²) in [5.41, 5.74) is 10.8. The Hall–Kier alpha value is -0.560. The molecule has 1 amide bonds. The number of hydrogen-bond acceptors (Lipinski definition) is 5. The summed E-state index contributed by atoms with van der Waals surface area (Å²) in [5, 5.41) is 2.46. The highest BCUT2D eigenvalue weighted by atomic mass is 35.5. The molecule has 8 heteroatoms. The molecule has 0 bridgehead atoms. The molecule has 6 nitrogen and oxygen atoms in total. The Kier molecular flexibility index (Phi) is 15.2. The zero-order chi connectivity index (χ0) is 11.8. The van der Waals surface area contributed by atoms with E-state index in [0.29, 0.717) is 13.0 Å². The van der Waals surface area contributed by atoms with Crippen molar-refractivity contribution >= 4 is 36.7 Å². The molecule has 0 saturated heterocycles. The molecule has 0 aliphatic carbocycles. The van der Waals surface area contributed by atoms with Crippen molar-refractivity contribution in [1.29, 1.82) is 0 Å². The van der Waals surface area contributed by atoms with Gasteiger partial charge in [-0.2, -0.15) is 0 Å². The first-order valence-corrected chi connectivity index (χ1v) is 4.95. The molecule has 0 aromatic rings. The molecule has 0 radical (unpaired) electrons. The molecular weight excluding hydrogens is 269 g/mol. The van der Waals surface area contributed by atoms with Gasteiger partial charge < -0.3 is 21.5 Å². The standard InChI is InChI=1S/C9H19N3O3.2ClH/c1-3-15-9(14)6(2)12-8(13)7(11)4-5-10;;/h6-7H,3-5,10-11H2,1-2H3,(H,12,13);2*1H/t6-,7-;;/m0../s1. The van der Waals surface area contributed by atoms with E-state index in [4.69, 9.17) is 16.2 Å². The van der Waals surface area contributed by atoms with E-state index < -0.39 is 18.1 Å². The summed E-state index contributed by atoms with van der Waals surface area (Å²) in [6.07, 6.45) is 0.390. The first-order valence-electron chi connectivity index (χ1n) is 4.95. The smallest absolute Gasteiger partial charge is 0.328 e. The number of rotatable bonds is 6. The first-order chi connectivity index (χ1) is 7.02. The minimum Gasteiger partial charge on any atom is -0.464 e. The van der Waals surface area contributed by atoms with Crippen LogP contribution < -0.4 is 16.8 Å². The van der Waals surface area contributed by atoms with Crippen LogP contribution in [0.3, 0.4) is 0 Å². The van der Waals surface area contributed by atoms with Gasteiger partial charge in [0, 0.05) is 0 Å². The molecule has 0 spiro atoms. The minimum absolute atomic E-state index is 0. The number of amides is 1. The Labute approximate surface area is 114 Å². The molecule has 0 heterocycles. The summed E-state index contributed by atoms with van der Waals surface area (Å²) >= 11 is 0. The lowest BCUT2D eigenvalue weighted by atomic mass is 10.2. The molecule has 0 aromatic carbocycles. The van der Waals surface area contributed by atoms with E-state index in [-0.39, 0.29) is 37.3 Å². The van der Waals surface area contributed by atoms with Gasteiger partial charge in [-0.05, 0) is 26.8 Å². The number of esters is 1. The third-order valence-corrected chi connectivity index (χ3v) is 1.81. The van der Waals surface area contributed by atoms with Crippen LogP contribution in [0.2, 0.25) is 0 Å². The van der Waals surface area contributed by atoms with Crippen molar-refractivity contribution < 1.29 is 14.3 Å². The van der Waals surface area contributed by atoms with Crippen LogP contribution in [0.5, 0.6) is 0 Å². The number of nitrogens with one attached hydrogen (secondary N) is 1. The summed E-state index contributed by atoms with van der Waals surface area (Å²) in [6.45, 7) is 3.87. The summed E-state index contributed by atoms with van der Waals surface area (Å²) in [5.74, 6) is -0.855. The SMILES string of the molecule is CCOC(=O)[C@H](C)NC(=O)[C@@H](N)CCN.Cl.Cl. The maximum Gasteiger partial charge on any atom is 0.328 e. The van der Waals surface area contributed by atoms with E-state index in [1.807, 2.05) is 0 Å². The minimum atomic E-state index is -0.679. The highest BCUT2D eigenvalue weighted by molar-refractivity contribution is 5.87. The lowest BCUT2D eigenvalue weighted by molar-refractivity contribution is -0.147. The molecule has 0 aromatic heterocycles. The number of halogens is 2. The topological polar surface area (TPSA) is 107 Å². The summed E-state index contributed by atoms with van der Waals surface area (Å²) in [4.78, 5) is 22.5. The van der Waals surface area contributed by atoms with Gasteiger partial charge in [0.2, 0.25) is 5.91 Å². The third-order valence-electron chi connectivity index (χ3n) is 1.81. The van der Waals surface area contributed by atoms with Gasteiger partial charge in [0.1, 0.15) is 6.04 Å². The van der Waals surface area contributed by atoms with Gasteiger partial charge in [0.05, 0.1) is 12.6 Å². The molecule has 104 valence electrons. The largest absolute Gasteiger partial charge is 0.464 e. The van der Waals surface area contributed by atoms with Gasteiger partial charge >= 0.3 is 5.97 Å². The van der Waals surface area contributed by atoms with E-state index in [1.165, 1.54) is 0 Å². The molecule has 5 N–H and O–H groups in total. The predicted molar refractivity (Wildman–Crippen MR) is 70.4 cm³/mol. The molecule has 0 rings (SSSR count). The lowest BCUT2D eigenvalue weighted by Gasteiger charge is -2.15. The fourth-order valence-corrected chi connectivity index (χ4v) is 0.957. The van der Waals surface area contributed by atoms with Crippen molar-refractivity contribution in [2.75, 3.05) is 13.2 Å². The Morgan fingerprint density at radius 3 is 2.29 bits per heavy atom. The molecule has 17 heavy (non-hydrogen) atoms. The van der Waals surface area contributed by atoms with Gasteiger partial charge in [-0.3, -0.25) is 4.79 Å². The molecule has 0 aliphatic heterocycles. The second kappa shape index (κ2) is 11.9. The zero-order valence-corrected chi connectivity index (χ0v) is 11.6. The zero-order valence-electron chi connectivity index (χ0n) is 9.97. The van der Waals surface area contributed by atoms with Crippen LogP contribution in [-0.4, -0.2) is 37.1 Å². The molecule has 2 atom stereocenters. The third kappa shape index (κ3) is 9.17. The second-order valence-corrected chi connectivity index (χ2v) is 3.17. The highest BCUT2D eigenvalue weighted by Gasteiger charge is 2.19. The van der Waals surface area contributed by atoms with Gasteiger partial charge in [-0.1, -0.05) is 0 Å². The van der Waals surface area contributed by atoms with Crippen molar-refractivity contribution in [3.8, 4) is 0 Å². The van der Waals surface area contributed by atoms with Crippen LogP contribution in [0.25, 0.3) is 0 Å². The van der Waals surface area contributed by atoms with Crippen molar-refractivity contribution in [1.82, 2.24) is 5.32 Å². The first kappa shape index (κ1) is 21.7. The number of carbonyl (C=O) groups excluding carboxylic acids is 2. The van der Waals surface area contributed by atoms with Crippen LogP contribution in [0.15, 0.2) is 0 Å². The quantitative estimate of drug-likeness (QED) is 0.576. The number of ether oxygens (including phenoxy) is 1. The lowest BCUT2D eigenvalue weighted by Crippen LogP contribution is -2.48. The average molecular weight is 290 g/mol. The van der Waals surface area contributed by atoms with E-state index in [1.54, 1.807) is 13.8 Å². The van der Waals surface area contributed by atoms with Crippen LogP contribution >= 0.6 is 24.8 Å². The van der Waals surface area contributed by atoms with E-state index in [0.717, 1.165) is 0 Å². The fourth-order valence-electron chi connectivity index (χ4n) is 0.957. The van der Waals surface area contributed by atoms with E-state index in [9.17, 15) is 9.59 Å². The Morgan fingerprint density at radius 1 is 1.35 bits per heavy atom. The van der Waals surface area contributed by atoms with Crippen molar-refractivity contribution in [3.05, 3.63) is 0 Å². The Bertz CT molecular complexity index is 230. The predicted octanol–water partition coefficient (Wildman–Crippen LogP) is -0.426. The fraction of sp³-hybridized carbons (Fsp3) is 0.778. The van der Waals surface area contributed by atoms with Crippen molar-refractivity contribution in [2.24, 2.45) is 11.5 Å². The maximum atomic E-state index is 11.4. The van der Waals surface area contributed by atoms with E-state index >= 15 is 0 Å². The summed E-state index contributed by atoms with van der Waals surface area (Å²) in [6, 6.07) is -1.35. The summed E-state index contributed by atoms with van der Waals surface area (Å²) < 4.78 is 4.73. The van der Waals surface area contributed by atoms with Gasteiger partial charge in [-0.25, -0.2) is 4.79 Å². The number of nitrogens with two attached hydrogens (primary N) is 2. The average Bonchev–Trinajstić information content (AvgIpc) is 2.18. The molecule has 0 fully saturated rings. The second-order valence-electron chi connectivity index (χ2n) is 3.17. The van der Waals surface area contributed by atoms with Crippen LogP contribution in [0, 0.1) is 0 Å². The molecule has 0 aliphatic rings. The number of hydrogen-bond donors (Lipinski definition) is 3. The highest BCUT2D eigenvalue weighted by Crippen LogP contribution is 1.91. The molecular formula is C9H21Cl2N3O3. The van der Waals surface area contributed by atoms with Crippen molar-refractivity contribution in [3.63, 3.8) is 0 Å². The Balaban J connectivity index is -0.000000980. The molecule has 0 unspecified atom stereocenters.